The number of ether oxygens (including phenoxy) is 1. The molecule has 2 N–H and O–H groups in total. The Hall–Kier alpha value is -2.53. The van der Waals surface area contributed by atoms with Gasteiger partial charge in [0, 0.05) is 5.02 Å². The number of amides is 2. The van der Waals surface area contributed by atoms with Crippen molar-refractivity contribution in [3.05, 3.63) is 64.7 Å². The summed E-state index contributed by atoms with van der Waals surface area (Å²) in [6.07, 6.45) is 3.44. The van der Waals surface area contributed by atoms with Gasteiger partial charge in [-0.15, -0.1) is 0 Å². The van der Waals surface area contributed by atoms with Gasteiger partial charge < -0.3 is 4.74 Å². The first-order valence-corrected chi connectivity index (χ1v) is 9.42. The summed E-state index contributed by atoms with van der Waals surface area (Å²) in [7, 11) is 0. The van der Waals surface area contributed by atoms with Crippen molar-refractivity contribution in [3.63, 3.8) is 0 Å². The van der Waals surface area contributed by atoms with Crippen LogP contribution in [0.15, 0.2) is 48.5 Å². The van der Waals surface area contributed by atoms with E-state index < -0.39 is 11.3 Å². The lowest BCUT2D eigenvalue weighted by Gasteiger charge is -2.28. The molecular formula is C21H23ClN2O3. The van der Waals surface area contributed by atoms with E-state index in [4.69, 9.17) is 16.3 Å². The molecule has 3 rings (SSSR count). The summed E-state index contributed by atoms with van der Waals surface area (Å²) < 4.78 is 5.45. The average molecular weight is 387 g/mol. The molecule has 6 heteroatoms. The predicted octanol–water partition coefficient (Wildman–Crippen LogP) is 3.69. The molecule has 27 heavy (non-hydrogen) atoms. The van der Waals surface area contributed by atoms with Crippen molar-refractivity contribution in [2.75, 3.05) is 6.61 Å². The number of hydrogen-bond acceptors (Lipinski definition) is 3. The number of hydrazine groups is 1. The van der Waals surface area contributed by atoms with Gasteiger partial charge in [-0.25, -0.2) is 0 Å². The predicted molar refractivity (Wildman–Crippen MR) is 105 cm³/mol. The molecule has 0 heterocycles. The van der Waals surface area contributed by atoms with Crippen molar-refractivity contribution in [3.8, 4) is 5.75 Å². The maximum atomic E-state index is 12.9. The first-order valence-electron chi connectivity index (χ1n) is 9.04. The number of rotatable bonds is 5. The van der Waals surface area contributed by atoms with Gasteiger partial charge in [0.25, 0.3) is 5.91 Å². The number of carbonyl (C=O) groups excluding carboxylic acids is 2. The van der Waals surface area contributed by atoms with E-state index in [2.05, 4.69) is 10.9 Å². The Morgan fingerprint density at radius 1 is 1.07 bits per heavy atom. The topological polar surface area (TPSA) is 67.4 Å². The van der Waals surface area contributed by atoms with Gasteiger partial charge in [-0.05, 0) is 55.2 Å². The molecule has 2 amide bonds. The molecule has 0 unspecified atom stereocenters. The molecule has 1 saturated carbocycles. The van der Waals surface area contributed by atoms with Gasteiger partial charge in [0.05, 0.1) is 5.41 Å². The lowest BCUT2D eigenvalue weighted by atomic mass is 9.78. The standard InChI is InChI=1S/C21H23ClN2O3/c1-15-5-4-6-18(13-15)27-14-19(25)23-24-20(26)21(11-2-3-12-21)16-7-9-17(22)10-8-16/h4-10,13H,2-3,11-12,14H2,1H3,(H,23,25)(H,24,26). The zero-order chi connectivity index (χ0) is 19.3. The minimum atomic E-state index is -0.630. The van der Waals surface area contributed by atoms with Crippen LogP contribution in [0.5, 0.6) is 5.75 Å². The van der Waals surface area contributed by atoms with Crippen LogP contribution in [0.25, 0.3) is 0 Å². The quantitative estimate of drug-likeness (QED) is 0.770. The van der Waals surface area contributed by atoms with Gasteiger partial charge >= 0.3 is 0 Å². The second-order valence-corrected chi connectivity index (χ2v) is 7.34. The van der Waals surface area contributed by atoms with Crippen LogP contribution in [0.1, 0.15) is 36.8 Å². The van der Waals surface area contributed by atoms with Crippen molar-refractivity contribution in [2.45, 2.75) is 38.0 Å². The summed E-state index contributed by atoms with van der Waals surface area (Å²) >= 11 is 5.97. The Bertz CT molecular complexity index is 814. The molecule has 5 nitrogen and oxygen atoms in total. The third kappa shape index (κ3) is 4.61. The normalized spacial score (nSPS) is 15.2. The maximum Gasteiger partial charge on any atom is 0.276 e. The summed E-state index contributed by atoms with van der Waals surface area (Å²) in [6.45, 7) is 1.78. The largest absolute Gasteiger partial charge is 0.484 e. The number of benzene rings is 2. The second kappa shape index (κ2) is 8.44. The fourth-order valence-electron chi connectivity index (χ4n) is 3.53. The highest BCUT2D eigenvalue weighted by Gasteiger charge is 2.42. The first-order chi connectivity index (χ1) is 13.0. The van der Waals surface area contributed by atoms with E-state index in [9.17, 15) is 9.59 Å². The Kier molecular flexibility index (Phi) is 6.01. The number of halogens is 1. The van der Waals surface area contributed by atoms with Crippen LogP contribution in [-0.2, 0) is 15.0 Å². The van der Waals surface area contributed by atoms with Gasteiger partial charge in [-0.1, -0.05) is 48.7 Å². The average Bonchev–Trinajstić information content (AvgIpc) is 3.16. The smallest absolute Gasteiger partial charge is 0.276 e. The molecule has 2 aromatic rings. The van der Waals surface area contributed by atoms with Gasteiger partial charge in [0.15, 0.2) is 6.61 Å². The number of hydrogen-bond donors (Lipinski definition) is 2. The molecule has 0 aliphatic heterocycles. The summed E-state index contributed by atoms with van der Waals surface area (Å²) in [5.74, 6) is 0.00485. The lowest BCUT2D eigenvalue weighted by molar-refractivity contribution is -0.133. The van der Waals surface area contributed by atoms with E-state index in [1.807, 2.05) is 37.3 Å². The van der Waals surface area contributed by atoms with Gasteiger partial charge in [-0.3, -0.25) is 20.4 Å². The number of aryl methyl sites for hydroxylation is 1. The minimum absolute atomic E-state index is 0.169. The van der Waals surface area contributed by atoms with Crippen molar-refractivity contribution in [1.82, 2.24) is 10.9 Å². The van der Waals surface area contributed by atoms with Gasteiger partial charge in [0.2, 0.25) is 5.91 Å². The van der Waals surface area contributed by atoms with Crippen LogP contribution in [0.4, 0.5) is 0 Å². The van der Waals surface area contributed by atoms with Crippen LogP contribution >= 0.6 is 11.6 Å². The van der Waals surface area contributed by atoms with E-state index in [1.54, 1.807) is 18.2 Å². The molecule has 0 saturated heterocycles. The van der Waals surface area contributed by atoms with E-state index in [0.29, 0.717) is 10.8 Å². The second-order valence-electron chi connectivity index (χ2n) is 6.90. The monoisotopic (exact) mass is 386 g/mol. The van der Waals surface area contributed by atoms with Crippen molar-refractivity contribution in [2.24, 2.45) is 0 Å². The molecule has 0 bridgehead atoms. The van der Waals surface area contributed by atoms with Crippen LogP contribution in [-0.4, -0.2) is 18.4 Å². The highest BCUT2D eigenvalue weighted by atomic mass is 35.5. The molecule has 0 aromatic heterocycles. The fraction of sp³-hybridized carbons (Fsp3) is 0.333. The third-order valence-electron chi connectivity index (χ3n) is 4.96. The fourth-order valence-corrected chi connectivity index (χ4v) is 3.66. The Balaban J connectivity index is 1.58. The lowest BCUT2D eigenvalue weighted by Crippen LogP contribution is -2.51. The SMILES string of the molecule is Cc1cccc(OCC(=O)NNC(=O)C2(c3ccc(Cl)cc3)CCCC2)c1. The zero-order valence-corrected chi connectivity index (χ0v) is 16.0. The Morgan fingerprint density at radius 2 is 1.78 bits per heavy atom. The molecule has 2 aromatic carbocycles. The zero-order valence-electron chi connectivity index (χ0n) is 15.3. The molecule has 1 fully saturated rings. The molecule has 0 atom stereocenters. The van der Waals surface area contributed by atoms with E-state index in [1.165, 1.54) is 0 Å². The van der Waals surface area contributed by atoms with Crippen LogP contribution in [0.2, 0.25) is 5.02 Å². The van der Waals surface area contributed by atoms with E-state index in [-0.39, 0.29) is 12.5 Å². The molecule has 142 valence electrons. The van der Waals surface area contributed by atoms with Crippen LogP contribution < -0.4 is 15.6 Å². The maximum absolute atomic E-state index is 12.9. The van der Waals surface area contributed by atoms with Crippen molar-refractivity contribution in [1.29, 1.82) is 0 Å². The van der Waals surface area contributed by atoms with Crippen molar-refractivity contribution >= 4 is 23.4 Å². The molecule has 1 aliphatic rings. The van der Waals surface area contributed by atoms with Crippen LogP contribution in [0.3, 0.4) is 0 Å². The van der Waals surface area contributed by atoms with Crippen LogP contribution in [0, 0.1) is 6.92 Å². The van der Waals surface area contributed by atoms with Crippen molar-refractivity contribution < 1.29 is 14.3 Å². The summed E-state index contributed by atoms with van der Waals surface area (Å²) in [6, 6.07) is 14.8. The third-order valence-corrected chi connectivity index (χ3v) is 5.22. The molecule has 0 radical (unpaired) electrons. The first kappa shape index (κ1) is 19.2. The molecule has 0 spiro atoms. The van der Waals surface area contributed by atoms with E-state index >= 15 is 0 Å². The Labute approximate surface area is 164 Å². The summed E-state index contributed by atoms with van der Waals surface area (Å²) in [5.41, 5.74) is 6.38. The highest BCUT2D eigenvalue weighted by Crippen LogP contribution is 2.41. The minimum Gasteiger partial charge on any atom is -0.484 e. The Morgan fingerprint density at radius 3 is 2.44 bits per heavy atom. The summed E-state index contributed by atoms with van der Waals surface area (Å²) in [4.78, 5) is 24.9. The van der Waals surface area contributed by atoms with E-state index in [0.717, 1.165) is 36.8 Å². The summed E-state index contributed by atoms with van der Waals surface area (Å²) in [5, 5.41) is 0.633. The highest BCUT2D eigenvalue weighted by molar-refractivity contribution is 6.30. The molecular weight excluding hydrogens is 364 g/mol. The molecule has 1 aliphatic carbocycles. The van der Waals surface area contributed by atoms with Gasteiger partial charge in [0.1, 0.15) is 5.75 Å². The number of carbonyl (C=O) groups is 2. The number of nitrogens with one attached hydrogen (secondary N) is 2. The van der Waals surface area contributed by atoms with Gasteiger partial charge in [-0.2, -0.15) is 0 Å².